The lowest BCUT2D eigenvalue weighted by Gasteiger charge is -2.31. The van der Waals surface area contributed by atoms with Crippen molar-refractivity contribution in [3.05, 3.63) is 22.4 Å². The first-order valence-corrected chi connectivity index (χ1v) is 7.23. The van der Waals surface area contributed by atoms with Crippen molar-refractivity contribution in [2.75, 3.05) is 7.05 Å². The Balaban J connectivity index is 1.78. The third-order valence-electron chi connectivity index (χ3n) is 3.47. The summed E-state index contributed by atoms with van der Waals surface area (Å²) in [5, 5.41) is 7.08. The van der Waals surface area contributed by atoms with Crippen LogP contribution >= 0.6 is 11.3 Å². The molecule has 94 valence electrons. The van der Waals surface area contributed by atoms with Crippen molar-refractivity contribution in [3.8, 4) is 0 Å². The number of nitrogens with zero attached hydrogens (tertiary/aromatic N) is 1. The predicted molar refractivity (Wildman–Crippen MR) is 71.2 cm³/mol. The van der Waals surface area contributed by atoms with E-state index in [1.165, 1.54) is 24.8 Å². The molecule has 1 saturated carbocycles. The van der Waals surface area contributed by atoms with E-state index in [1.54, 1.807) is 11.3 Å². The average molecular weight is 252 g/mol. The fraction of sp³-hybridized carbons (Fsp3) is 0.615. The largest absolute Gasteiger partial charge is 0.334 e. The first kappa shape index (κ1) is 12.4. The zero-order valence-corrected chi connectivity index (χ0v) is 11.1. The van der Waals surface area contributed by atoms with Crippen molar-refractivity contribution in [1.29, 1.82) is 0 Å². The molecule has 0 aliphatic heterocycles. The van der Waals surface area contributed by atoms with Crippen molar-refractivity contribution in [3.63, 3.8) is 0 Å². The highest BCUT2D eigenvalue weighted by atomic mass is 32.1. The number of rotatable bonds is 3. The summed E-state index contributed by atoms with van der Waals surface area (Å²) in [6.07, 6.45) is 6.14. The average Bonchev–Trinajstić information content (AvgIpc) is 2.89. The molecule has 0 saturated heterocycles. The molecule has 0 unspecified atom stereocenters. The van der Waals surface area contributed by atoms with Crippen molar-refractivity contribution in [2.24, 2.45) is 0 Å². The molecule has 4 heteroatoms. The molecule has 2 rings (SSSR count). The van der Waals surface area contributed by atoms with E-state index in [4.69, 9.17) is 0 Å². The molecular weight excluding hydrogens is 232 g/mol. The zero-order valence-electron chi connectivity index (χ0n) is 10.3. The van der Waals surface area contributed by atoms with Gasteiger partial charge in [0.05, 0.1) is 0 Å². The maximum absolute atomic E-state index is 12.0. The minimum atomic E-state index is 0.0584. The van der Waals surface area contributed by atoms with E-state index in [1.807, 2.05) is 23.4 Å². The second-order valence-electron chi connectivity index (χ2n) is 4.69. The summed E-state index contributed by atoms with van der Waals surface area (Å²) < 4.78 is 0. The number of hydrogen-bond donors (Lipinski definition) is 1. The van der Waals surface area contributed by atoms with Gasteiger partial charge in [-0.3, -0.25) is 0 Å². The van der Waals surface area contributed by atoms with Gasteiger partial charge in [0.15, 0.2) is 0 Å². The normalized spacial score (nSPS) is 16.8. The lowest BCUT2D eigenvalue weighted by Crippen LogP contribution is -2.44. The molecule has 1 fully saturated rings. The van der Waals surface area contributed by atoms with Gasteiger partial charge in [0, 0.05) is 19.6 Å². The molecule has 0 atom stereocenters. The highest BCUT2D eigenvalue weighted by Gasteiger charge is 2.21. The van der Waals surface area contributed by atoms with Crippen molar-refractivity contribution in [1.82, 2.24) is 10.2 Å². The summed E-state index contributed by atoms with van der Waals surface area (Å²) in [7, 11) is 1.92. The fourth-order valence-electron chi connectivity index (χ4n) is 2.33. The fourth-order valence-corrected chi connectivity index (χ4v) is 3.00. The molecule has 0 bridgehead atoms. The number of urea groups is 1. The second-order valence-corrected chi connectivity index (χ2v) is 5.47. The van der Waals surface area contributed by atoms with Gasteiger partial charge < -0.3 is 10.2 Å². The first-order chi connectivity index (χ1) is 8.27. The molecule has 0 spiro atoms. The van der Waals surface area contributed by atoms with E-state index >= 15 is 0 Å². The van der Waals surface area contributed by atoms with Crippen LogP contribution in [0.2, 0.25) is 0 Å². The van der Waals surface area contributed by atoms with Crippen LogP contribution in [0, 0.1) is 0 Å². The number of carbonyl (C=O) groups excluding carboxylic acids is 1. The minimum Gasteiger partial charge on any atom is -0.334 e. The van der Waals surface area contributed by atoms with E-state index in [0.29, 0.717) is 12.6 Å². The SMILES string of the molecule is CN(C(=O)NCc1ccsc1)C1CCCCC1. The number of amides is 2. The minimum absolute atomic E-state index is 0.0584. The molecule has 0 aromatic carbocycles. The Bertz CT molecular complexity index is 344. The zero-order chi connectivity index (χ0) is 12.1. The third kappa shape index (κ3) is 3.46. The van der Waals surface area contributed by atoms with E-state index in [0.717, 1.165) is 12.8 Å². The molecule has 1 aromatic rings. The Morgan fingerprint density at radius 2 is 2.24 bits per heavy atom. The Labute approximate surface area is 107 Å². The summed E-state index contributed by atoms with van der Waals surface area (Å²) >= 11 is 1.66. The summed E-state index contributed by atoms with van der Waals surface area (Å²) in [5.74, 6) is 0. The van der Waals surface area contributed by atoms with Gasteiger partial charge in [-0.15, -0.1) is 0 Å². The van der Waals surface area contributed by atoms with Crippen LogP contribution in [0.4, 0.5) is 4.79 Å². The Hall–Kier alpha value is -1.03. The van der Waals surface area contributed by atoms with Crippen LogP contribution in [0.25, 0.3) is 0 Å². The molecule has 1 aromatic heterocycles. The van der Waals surface area contributed by atoms with Crippen LogP contribution in [0.15, 0.2) is 16.8 Å². The molecule has 1 aliphatic rings. The molecule has 1 heterocycles. The summed E-state index contributed by atoms with van der Waals surface area (Å²) in [4.78, 5) is 13.8. The number of thiophene rings is 1. The van der Waals surface area contributed by atoms with Crippen LogP contribution in [-0.4, -0.2) is 24.0 Å². The highest BCUT2D eigenvalue weighted by Crippen LogP contribution is 2.21. The molecule has 3 nitrogen and oxygen atoms in total. The summed E-state index contributed by atoms with van der Waals surface area (Å²) in [6.45, 7) is 0.638. The van der Waals surface area contributed by atoms with E-state index < -0.39 is 0 Å². The topological polar surface area (TPSA) is 32.3 Å². The molecule has 17 heavy (non-hydrogen) atoms. The lowest BCUT2D eigenvalue weighted by molar-refractivity contribution is 0.173. The predicted octanol–water partition coefficient (Wildman–Crippen LogP) is 3.22. The first-order valence-electron chi connectivity index (χ1n) is 6.29. The van der Waals surface area contributed by atoms with Gasteiger partial charge in [-0.25, -0.2) is 4.79 Å². The Morgan fingerprint density at radius 3 is 2.88 bits per heavy atom. The molecule has 2 amide bonds. The van der Waals surface area contributed by atoms with Crippen LogP contribution in [0.1, 0.15) is 37.7 Å². The smallest absolute Gasteiger partial charge is 0.317 e. The van der Waals surface area contributed by atoms with Crippen LogP contribution in [0.5, 0.6) is 0 Å². The standard InChI is InChI=1S/C13H20N2OS/c1-15(12-5-3-2-4-6-12)13(16)14-9-11-7-8-17-10-11/h7-8,10,12H,2-6,9H2,1H3,(H,14,16). The van der Waals surface area contributed by atoms with Gasteiger partial charge in [0.1, 0.15) is 0 Å². The van der Waals surface area contributed by atoms with Crippen LogP contribution < -0.4 is 5.32 Å². The summed E-state index contributed by atoms with van der Waals surface area (Å²) in [5.41, 5.74) is 1.18. The van der Waals surface area contributed by atoms with Gasteiger partial charge in [-0.1, -0.05) is 19.3 Å². The number of nitrogens with one attached hydrogen (secondary N) is 1. The second kappa shape index (κ2) is 6.05. The van der Waals surface area contributed by atoms with E-state index in [9.17, 15) is 4.79 Å². The Morgan fingerprint density at radius 1 is 1.47 bits per heavy atom. The molecule has 1 N–H and O–H groups in total. The van der Waals surface area contributed by atoms with Crippen molar-refractivity contribution >= 4 is 17.4 Å². The maximum Gasteiger partial charge on any atom is 0.317 e. The van der Waals surface area contributed by atoms with Crippen LogP contribution in [0.3, 0.4) is 0 Å². The number of carbonyl (C=O) groups is 1. The monoisotopic (exact) mass is 252 g/mol. The maximum atomic E-state index is 12.0. The Kier molecular flexibility index (Phi) is 4.42. The number of hydrogen-bond acceptors (Lipinski definition) is 2. The van der Waals surface area contributed by atoms with E-state index in [-0.39, 0.29) is 6.03 Å². The third-order valence-corrected chi connectivity index (χ3v) is 4.20. The van der Waals surface area contributed by atoms with Gasteiger partial charge in [-0.2, -0.15) is 11.3 Å². The van der Waals surface area contributed by atoms with E-state index in [2.05, 4.69) is 10.7 Å². The van der Waals surface area contributed by atoms with Crippen LogP contribution in [-0.2, 0) is 6.54 Å². The van der Waals surface area contributed by atoms with Crippen molar-refractivity contribution < 1.29 is 4.79 Å². The molecule has 0 radical (unpaired) electrons. The quantitative estimate of drug-likeness (QED) is 0.880. The van der Waals surface area contributed by atoms with Gasteiger partial charge in [0.2, 0.25) is 0 Å². The molecular formula is C13H20N2OS. The highest BCUT2D eigenvalue weighted by molar-refractivity contribution is 7.07. The van der Waals surface area contributed by atoms with Gasteiger partial charge >= 0.3 is 6.03 Å². The van der Waals surface area contributed by atoms with Crippen molar-refractivity contribution in [2.45, 2.75) is 44.7 Å². The van der Waals surface area contributed by atoms with Gasteiger partial charge in [0.25, 0.3) is 0 Å². The van der Waals surface area contributed by atoms with Gasteiger partial charge in [-0.05, 0) is 35.2 Å². The lowest BCUT2D eigenvalue weighted by atomic mass is 9.95. The molecule has 1 aliphatic carbocycles. The summed E-state index contributed by atoms with van der Waals surface area (Å²) in [6, 6.07) is 2.54.